The largest absolute Gasteiger partial charge is 0.497 e. The van der Waals surface area contributed by atoms with Gasteiger partial charge in [0.25, 0.3) is 5.91 Å². The number of rotatable bonds is 6. The van der Waals surface area contributed by atoms with E-state index >= 15 is 0 Å². The lowest BCUT2D eigenvalue weighted by Gasteiger charge is -2.23. The van der Waals surface area contributed by atoms with Crippen molar-refractivity contribution < 1.29 is 19.1 Å². The molecule has 1 aliphatic heterocycles. The summed E-state index contributed by atoms with van der Waals surface area (Å²) in [4.78, 5) is 29.8. The number of aromatic nitrogens is 1. The fourth-order valence-electron chi connectivity index (χ4n) is 3.76. The maximum absolute atomic E-state index is 13.1. The predicted octanol–water partition coefficient (Wildman–Crippen LogP) is 5.59. The molecular weight excluding hydrogens is 462 g/mol. The highest BCUT2D eigenvalue weighted by Crippen LogP contribution is 2.33. The molecular formula is C27H23N3O4S. The number of amides is 2. The summed E-state index contributed by atoms with van der Waals surface area (Å²) in [5.74, 6) is 0.922. The smallest absolute Gasteiger partial charge is 0.265 e. The second kappa shape index (κ2) is 9.60. The number of benzene rings is 3. The zero-order valence-corrected chi connectivity index (χ0v) is 20.0. The zero-order chi connectivity index (χ0) is 24.4. The number of fused-ring (bicyclic) bond motifs is 2. The molecule has 176 valence electrons. The molecule has 7 nitrogen and oxygen atoms in total. The Labute approximate surface area is 206 Å². The van der Waals surface area contributed by atoms with Gasteiger partial charge in [0.1, 0.15) is 16.5 Å². The van der Waals surface area contributed by atoms with Gasteiger partial charge in [-0.2, -0.15) is 0 Å². The normalized spacial score (nSPS) is 15.2. The minimum absolute atomic E-state index is 0.128. The van der Waals surface area contributed by atoms with Gasteiger partial charge in [-0.25, -0.2) is 4.98 Å². The minimum atomic E-state index is -0.553. The van der Waals surface area contributed by atoms with Crippen LogP contribution in [0.1, 0.15) is 23.9 Å². The predicted molar refractivity (Wildman–Crippen MR) is 139 cm³/mol. The van der Waals surface area contributed by atoms with Crippen LogP contribution in [0.2, 0.25) is 0 Å². The first-order valence-corrected chi connectivity index (χ1v) is 11.9. The van der Waals surface area contributed by atoms with Gasteiger partial charge in [0.05, 0.1) is 29.4 Å². The third-order valence-electron chi connectivity index (χ3n) is 5.57. The van der Waals surface area contributed by atoms with E-state index in [1.54, 1.807) is 43.6 Å². The van der Waals surface area contributed by atoms with Crippen molar-refractivity contribution in [3.8, 4) is 11.5 Å². The standard InChI is InChI=1S/C27H23N3O4S/c1-16-26(32)29-22-15-19(9-12-23(22)34-16)28-25(31)14-18(13-17-7-10-20(33-2)11-8-17)27-30-21-5-3-4-6-24(21)35-27/h3-13,15-16H,14H2,1-2H3,(H,28,31)(H,29,32)/b18-13-. The molecule has 0 aliphatic carbocycles. The summed E-state index contributed by atoms with van der Waals surface area (Å²) in [6.45, 7) is 1.69. The molecule has 4 aromatic rings. The fraction of sp³-hybridized carbons (Fsp3) is 0.148. The van der Waals surface area contributed by atoms with E-state index in [1.165, 1.54) is 0 Å². The van der Waals surface area contributed by atoms with Crippen LogP contribution < -0.4 is 20.1 Å². The molecule has 0 radical (unpaired) electrons. The Morgan fingerprint density at radius 2 is 1.97 bits per heavy atom. The molecule has 0 saturated heterocycles. The molecule has 1 aliphatic rings. The van der Waals surface area contributed by atoms with Gasteiger partial charge in [-0.3, -0.25) is 9.59 Å². The number of methoxy groups -OCH3 is 1. The topological polar surface area (TPSA) is 89.6 Å². The number of anilines is 2. The molecule has 5 rings (SSSR count). The number of carbonyl (C=O) groups is 2. The third-order valence-corrected chi connectivity index (χ3v) is 6.68. The van der Waals surface area contributed by atoms with Crippen molar-refractivity contribution in [1.29, 1.82) is 0 Å². The molecule has 0 fully saturated rings. The van der Waals surface area contributed by atoms with E-state index in [0.29, 0.717) is 17.1 Å². The number of thiazole rings is 1. The number of ether oxygens (including phenoxy) is 2. The summed E-state index contributed by atoms with van der Waals surface area (Å²) in [6, 6.07) is 20.7. The van der Waals surface area contributed by atoms with Crippen LogP contribution in [-0.2, 0) is 9.59 Å². The van der Waals surface area contributed by atoms with Crippen molar-refractivity contribution in [2.75, 3.05) is 17.7 Å². The second-order valence-electron chi connectivity index (χ2n) is 8.11. The Balaban J connectivity index is 1.41. The molecule has 0 bridgehead atoms. The van der Waals surface area contributed by atoms with Crippen molar-refractivity contribution in [2.45, 2.75) is 19.4 Å². The van der Waals surface area contributed by atoms with Gasteiger partial charge < -0.3 is 20.1 Å². The van der Waals surface area contributed by atoms with Crippen LogP contribution >= 0.6 is 11.3 Å². The van der Waals surface area contributed by atoms with E-state index in [9.17, 15) is 9.59 Å². The monoisotopic (exact) mass is 485 g/mol. The summed E-state index contributed by atoms with van der Waals surface area (Å²) >= 11 is 1.55. The summed E-state index contributed by atoms with van der Waals surface area (Å²) in [7, 11) is 1.63. The molecule has 0 saturated carbocycles. The van der Waals surface area contributed by atoms with Gasteiger partial charge in [-0.1, -0.05) is 24.3 Å². The quantitative estimate of drug-likeness (QED) is 0.371. The minimum Gasteiger partial charge on any atom is -0.497 e. The average Bonchev–Trinajstić information content (AvgIpc) is 3.29. The lowest BCUT2D eigenvalue weighted by Crippen LogP contribution is -2.34. The van der Waals surface area contributed by atoms with Crippen LogP contribution in [-0.4, -0.2) is 30.0 Å². The Morgan fingerprint density at radius 1 is 1.17 bits per heavy atom. The average molecular weight is 486 g/mol. The van der Waals surface area contributed by atoms with E-state index in [-0.39, 0.29) is 18.2 Å². The van der Waals surface area contributed by atoms with E-state index < -0.39 is 6.10 Å². The van der Waals surface area contributed by atoms with E-state index in [1.807, 2.05) is 54.6 Å². The highest BCUT2D eigenvalue weighted by atomic mass is 32.1. The van der Waals surface area contributed by atoms with E-state index in [0.717, 1.165) is 32.1 Å². The van der Waals surface area contributed by atoms with Crippen LogP contribution in [0.4, 0.5) is 11.4 Å². The number of hydrogen-bond donors (Lipinski definition) is 2. The lowest BCUT2D eigenvalue weighted by molar-refractivity contribution is -0.122. The Morgan fingerprint density at radius 3 is 2.74 bits per heavy atom. The van der Waals surface area contributed by atoms with Crippen LogP contribution in [0.15, 0.2) is 66.7 Å². The maximum Gasteiger partial charge on any atom is 0.265 e. The van der Waals surface area contributed by atoms with Crippen molar-refractivity contribution >= 4 is 56.4 Å². The van der Waals surface area contributed by atoms with Gasteiger partial charge in [0.15, 0.2) is 6.10 Å². The second-order valence-corrected chi connectivity index (χ2v) is 9.15. The van der Waals surface area contributed by atoms with Gasteiger partial charge >= 0.3 is 0 Å². The van der Waals surface area contributed by atoms with Crippen LogP contribution in [0.25, 0.3) is 21.9 Å². The molecule has 1 unspecified atom stereocenters. The molecule has 2 heterocycles. The van der Waals surface area contributed by atoms with Crippen LogP contribution in [0.5, 0.6) is 11.5 Å². The molecule has 1 aromatic heterocycles. The van der Waals surface area contributed by atoms with Crippen molar-refractivity contribution in [1.82, 2.24) is 4.98 Å². The highest BCUT2D eigenvalue weighted by Gasteiger charge is 2.24. The van der Waals surface area contributed by atoms with Crippen LogP contribution in [0.3, 0.4) is 0 Å². The molecule has 1 atom stereocenters. The lowest BCUT2D eigenvalue weighted by atomic mass is 10.1. The molecule has 3 aromatic carbocycles. The van der Waals surface area contributed by atoms with Crippen molar-refractivity contribution in [3.63, 3.8) is 0 Å². The summed E-state index contributed by atoms with van der Waals surface area (Å²) < 4.78 is 11.9. The first-order chi connectivity index (χ1) is 17.0. The maximum atomic E-state index is 13.1. The molecule has 0 spiro atoms. The van der Waals surface area contributed by atoms with E-state index in [4.69, 9.17) is 14.5 Å². The van der Waals surface area contributed by atoms with Gasteiger partial charge in [0, 0.05) is 5.69 Å². The first-order valence-electron chi connectivity index (χ1n) is 11.1. The first kappa shape index (κ1) is 22.6. The summed E-state index contributed by atoms with van der Waals surface area (Å²) in [6.07, 6.45) is 1.55. The number of nitrogens with zero attached hydrogens (tertiary/aromatic N) is 1. The Bertz CT molecular complexity index is 1410. The number of carbonyl (C=O) groups excluding carboxylic acids is 2. The zero-order valence-electron chi connectivity index (χ0n) is 19.2. The molecule has 2 amide bonds. The van der Waals surface area contributed by atoms with Gasteiger partial charge in [-0.15, -0.1) is 11.3 Å². The fourth-order valence-corrected chi connectivity index (χ4v) is 4.74. The van der Waals surface area contributed by atoms with Gasteiger partial charge in [-0.05, 0) is 66.6 Å². The Kier molecular flexibility index (Phi) is 6.20. The Hall–Kier alpha value is -4.17. The molecule has 8 heteroatoms. The van der Waals surface area contributed by atoms with Gasteiger partial charge in [0.2, 0.25) is 5.91 Å². The van der Waals surface area contributed by atoms with Crippen molar-refractivity contribution in [3.05, 3.63) is 77.3 Å². The third kappa shape index (κ3) is 5.02. The SMILES string of the molecule is COc1ccc(/C=C(/CC(=O)Nc2ccc3c(c2)NC(=O)C(C)O3)c2nc3ccccc3s2)cc1. The summed E-state index contributed by atoms with van der Waals surface area (Å²) in [5, 5.41) is 6.52. The van der Waals surface area contributed by atoms with Crippen LogP contribution in [0, 0.1) is 0 Å². The number of hydrogen-bond acceptors (Lipinski definition) is 6. The van der Waals surface area contributed by atoms with Crippen molar-refractivity contribution in [2.24, 2.45) is 0 Å². The molecule has 2 N–H and O–H groups in total. The van der Waals surface area contributed by atoms with E-state index in [2.05, 4.69) is 10.6 Å². The number of nitrogens with one attached hydrogen (secondary N) is 2. The number of para-hydroxylation sites is 1. The molecule has 35 heavy (non-hydrogen) atoms. The highest BCUT2D eigenvalue weighted by molar-refractivity contribution is 7.19. The summed E-state index contributed by atoms with van der Waals surface area (Å²) in [5.41, 5.74) is 3.74.